The molecule has 0 bridgehead atoms. The minimum absolute atomic E-state index is 0.188. The minimum Gasteiger partial charge on any atom is -0.232 e. The number of halogens is 1. The number of sulfone groups is 1. The molecular weight excluding hydrogens is 230 g/mol. The zero-order valence-corrected chi connectivity index (χ0v) is 8.66. The molecular formula is C7H4ClNO2S2. The van der Waals surface area contributed by atoms with Crippen LogP contribution in [0.15, 0.2) is 28.7 Å². The van der Waals surface area contributed by atoms with E-state index >= 15 is 0 Å². The Morgan fingerprint density at radius 2 is 2.23 bits per heavy atom. The van der Waals surface area contributed by atoms with E-state index in [9.17, 15) is 8.42 Å². The third kappa shape index (κ3) is 1.33. The summed E-state index contributed by atoms with van der Waals surface area (Å²) < 4.78 is 22.6. The zero-order chi connectivity index (χ0) is 9.47. The first-order valence-corrected chi connectivity index (χ1v) is 6.09. The number of hydrogen-bond donors (Lipinski definition) is 0. The second-order valence-corrected chi connectivity index (χ2v) is 5.72. The van der Waals surface area contributed by atoms with E-state index in [0.29, 0.717) is 4.88 Å². The van der Waals surface area contributed by atoms with E-state index in [-0.39, 0.29) is 9.41 Å². The summed E-state index contributed by atoms with van der Waals surface area (Å²) in [5.74, 6) is 0. The van der Waals surface area contributed by atoms with Crippen LogP contribution in [0.3, 0.4) is 0 Å². The molecule has 68 valence electrons. The smallest absolute Gasteiger partial charge is 0.232 e. The van der Waals surface area contributed by atoms with Crippen molar-refractivity contribution < 1.29 is 8.42 Å². The van der Waals surface area contributed by atoms with Gasteiger partial charge in [-0.05, 0) is 23.0 Å². The Morgan fingerprint density at radius 1 is 1.46 bits per heavy atom. The molecule has 2 heterocycles. The normalized spacial score (nSPS) is 19.8. The van der Waals surface area contributed by atoms with Crippen molar-refractivity contribution in [1.82, 2.24) is 0 Å². The van der Waals surface area contributed by atoms with Crippen LogP contribution in [-0.4, -0.2) is 12.9 Å². The van der Waals surface area contributed by atoms with Crippen molar-refractivity contribution in [1.29, 1.82) is 0 Å². The zero-order valence-electron chi connectivity index (χ0n) is 6.27. The van der Waals surface area contributed by atoms with Crippen LogP contribution < -0.4 is 0 Å². The lowest BCUT2D eigenvalue weighted by Crippen LogP contribution is -2.05. The van der Waals surface area contributed by atoms with Crippen LogP contribution in [0.4, 0.5) is 0 Å². The molecule has 13 heavy (non-hydrogen) atoms. The van der Waals surface area contributed by atoms with Gasteiger partial charge in [0.1, 0.15) is 4.91 Å². The highest BCUT2D eigenvalue weighted by Crippen LogP contribution is 2.31. The first-order chi connectivity index (χ1) is 6.12. The van der Waals surface area contributed by atoms with E-state index in [0.717, 1.165) is 0 Å². The quantitative estimate of drug-likeness (QED) is 0.746. The average Bonchev–Trinajstić information content (AvgIpc) is 2.62. The highest BCUT2D eigenvalue weighted by Gasteiger charge is 2.29. The molecule has 0 N–H and O–H groups in total. The predicted molar refractivity (Wildman–Crippen MR) is 54.5 cm³/mol. The molecule has 0 saturated carbocycles. The number of nitrogens with zero attached hydrogens (tertiary/aromatic N) is 1. The van der Waals surface area contributed by atoms with Gasteiger partial charge in [-0.3, -0.25) is 0 Å². The molecule has 1 aromatic heterocycles. The lowest BCUT2D eigenvalue weighted by molar-refractivity contribution is 0.617. The molecule has 0 spiro atoms. The fourth-order valence-corrected chi connectivity index (χ4v) is 3.25. The Labute approximate surface area is 84.3 Å². The Balaban J connectivity index is 2.54. The summed E-state index contributed by atoms with van der Waals surface area (Å²) in [6.45, 7) is 0. The van der Waals surface area contributed by atoms with Gasteiger partial charge in [-0.2, -0.15) is 0 Å². The van der Waals surface area contributed by atoms with E-state index in [1.54, 1.807) is 17.5 Å². The monoisotopic (exact) mass is 233 g/mol. The predicted octanol–water partition coefficient (Wildman–Crippen LogP) is 2.07. The molecule has 0 aromatic carbocycles. The highest BCUT2D eigenvalue weighted by molar-refractivity contribution is 8.17. The Morgan fingerprint density at radius 3 is 2.69 bits per heavy atom. The van der Waals surface area contributed by atoms with Crippen LogP contribution in [0, 0.1) is 0 Å². The Hall–Kier alpha value is -0.650. The maximum Gasteiger partial charge on any atom is 0.237 e. The summed E-state index contributed by atoms with van der Waals surface area (Å²) in [5, 5.41) is 1.80. The maximum absolute atomic E-state index is 11.5. The van der Waals surface area contributed by atoms with Gasteiger partial charge in [0.2, 0.25) is 14.3 Å². The lowest BCUT2D eigenvalue weighted by atomic mass is 10.4. The number of rotatable bonds is 1. The van der Waals surface area contributed by atoms with Crippen LogP contribution in [0.5, 0.6) is 0 Å². The highest BCUT2D eigenvalue weighted by atomic mass is 35.5. The summed E-state index contributed by atoms with van der Waals surface area (Å²) in [7, 11) is -3.50. The molecule has 6 heteroatoms. The van der Waals surface area contributed by atoms with Gasteiger partial charge in [-0.15, -0.1) is 11.3 Å². The molecule has 0 fully saturated rings. The van der Waals surface area contributed by atoms with Crippen molar-refractivity contribution in [3.05, 3.63) is 28.6 Å². The fraction of sp³-hybridized carbons (Fsp3) is 0. The second kappa shape index (κ2) is 2.94. The third-order valence-electron chi connectivity index (χ3n) is 1.56. The van der Waals surface area contributed by atoms with Crippen molar-refractivity contribution >= 4 is 42.2 Å². The fourth-order valence-electron chi connectivity index (χ4n) is 0.954. The van der Waals surface area contributed by atoms with Gasteiger partial charge in [0.15, 0.2) is 0 Å². The topological polar surface area (TPSA) is 46.5 Å². The molecule has 0 unspecified atom stereocenters. The van der Waals surface area contributed by atoms with E-state index in [1.807, 2.05) is 0 Å². The average molecular weight is 234 g/mol. The first kappa shape index (κ1) is 8.93. The summed E-state index contributed by atoms with van der Waals surface area (Å²) in [5.41, 5.74) is 0. The van der Waals surface area contributed by atoms with Crippen LogP contribution in [0.2, 0.25) is 0 Å². The van der Waals surface area contributed by atoms with Crippen molar-refractivity contribution in [3.8, 4) is 0 Å². The van der Waals surface area contributed by atoms with E-state index in [4.69, 9.17) is 11.6 Å². The van der Waals surface area contributed by atoms with E-state index in [2.05, 4.69) is 4.99 Å². The lowest BCUT2D eigenvalue weighted by Gasteiger charge is -1.96. The summed E-state index contributed by atoms with van der Waals surface area (Å²) in [6, 6.07) is 3.50. The maximum atomic E-state index is 11.5. The molecule has 0 radical (unpaired) electrons. The standard InChI is InChI=1S/C7H4ClNO2S2/c8-7-9-4-6(13(7,10)11)5-2-1-3-12-5/h1-4H. The number of aliphatic imine (C=N–C) groups is 1. The van der Waals surface area contributed by atoms with E-state index in [1.165, 1.54) is 17.5 Å². The summed E-state index contributed by atoms with van der Waals surface area (Å²) in [4.78, 5) is 4.42. The first-order valence-electron chi connectivity index (χ1n) is 3.35. The van der Waals surface area contributed by atoms with E-state index < -0.39 is 9.84 Å². The van der Waals surface area contributed by atoms with Gasteiger partial charge < -0.3 is 0 Å². The molecule has 0 amide bonds. The summed E-state index contributed by atoms with van der Waals surface area (Å²) in [6.07, 6.45) is 1.28. The molecule has 3 nitrogen and oxygen atoms in total. The van der Waals surface area contributed by atoms with Gasteiger partial charge in [-0.1, -0.05) is 6.07 Å². The van der Waals surface area contributed by atoms with Crippen LogP contribution in [-0.2, 0) is 9.84 Å². The molecule has 2 rings (SSSR count). The Bertz CT molecular complexity index is 485. The Kier molecular flexibility index (Phi) is 2.02. The summed E-state index contributed by atoms with van der Waals surface area (Å²) >= 11 is 6.78. The third-order valence-corrected chi connectivity index (χ3v) is 4.75. The number of thiophene rings is 1. The molecule has 1 aliphatic rings. The molecule has 1 aromatic rings. The second-order valence-electron chi connectivity index (χ2n) is 2.36. The minimum atomic E-state index is -3.50. The molecule has 0 aliphatic carbocycles. The van der Waals surface area contributed by atoms with Crippen molar-refractivity contribution in [2.45, 2.75) is 0 Å². The van der Waals surface area contributed by atoms with Crippen LogP contribution >= 0.6 is 22.9 Å². The molecule has 0 atom stereocenters. The van der Waals surface area contributed by atoms with Gasteiger partial charge in [0.05, 0.1) is 0 Å². The van der Waals surface area contributed by atoms with Crippen molar-refractivity contribution in [2.24, 2.45) is 4.99 Å². The van der Waals surface area contributed by atoms with Gasteiger partial charge in [0, 0.05) is 11.1 Å². The number of hydrogen-bond acceptors (Lipinski definition) is 4. The van der Waals surface area contributed by atoms with Crippen LogP contribution in [0.25, 0.3) is 4.91 Å². The molecule has 0 saturated heterocycles. The SMILES string of the molecule is O=S1(=O)C(c2cccs2)=CN=C1Cl. The van der Waals surface area contributed by atoms with Gasteiger partial charge in [-0.25, -0.2) is 13.4 Å². The van der Waals surface area contributed by atoms with Crippen molar-refractivity contribution in [2.75, 3.05) is 0 Å². The van der Waals surface area contributed by atoms with Gasteiger partial charge >= 0.3 is 0 Å². The largest absolute Gasteiger partial charge is 0.237 e. The van der Waals surface area contributed by atoms with Crippen LogP contribution in [0.1, 0.15) is 4.88 Å². The van der Waals surface area contributed by atoms with Gasteiger partial charge in [0.25, 0.3) is 0 Å². The molecule has 1 aliphatic heterocycles. The van der Waals surface area contributed by atoms with Crippen molar-refractivity contribution in [3.63, 3.8) is 0 Å².